The fourth-order valence-corrected chi connectivity index (χ4v) is 4.72. The van der Waals surface area contributed by atoms with E-state index < -0.39 is 36.0 Å². The van der Waals surface area contributed by atoms with Crippen molar-refractivity contribution in [2.24, 2.45) is 7.05 Å². The van der Waals surface area contributed by atoms with Crippen LogP contribution in [0.4, 0.5) is 23.7 Å². The summed E-state index contributed by atoms with van der Waals surface area (Å²) in [4.78, 5) is 31.3. The number of benzene rings is 1. The number of nitrogens with zero attached hydrogens (tertiary/aromatic N) is 3. The predicted molar refractivity (Wildman–Crippen MR) is 130 cm³/mol. The van der Waals surface area contributed by atoms with Crippen LogP contribution in [0.15, 0.2) is 36.8 Å². The van der Waals surface area contributed by atoms with E-state index in [9.17, 15) is 27.9 Å². The Kier molecular flexibility index (Phi) is 8.90. The van der Waals surface area contributed by atoms with Gasteiger partial charge in [-0.25, -0.2) is 9.78 Å². The molecule has 0 saturated carbocycles. The van der Waals surface area contributed by atoms with Gasteiger partial charge < -0.3 is 34.7 Å². The van der Waals surface area contributed by atoms with Crippen LogP contribution >= 0.6 is 0 Å². The van der Waals surface area contributed by atoms with Crippen molar-refractivity contribution in [2.45, 2.75) is 56.2 Å². The second-order valence-electron chi connectivity index (χ2n) is 9.62. The second kappa shape index (κ2) is 12.1. The van der Waals surface area contributed by atoms with Crippen molar-refractivity contribution in [3.8, 4) is 0 Å². The minimum atomic E-state index is -4.48. The Morgan fingerprint density at radius 3 is 2.63 bits per heavy atom. The topological polar surface area (TPSA) is 118 Å². The summed E-state index contributed by atoms with van der Waals surface area (Å²) < 4.78 is 52.1. The number of β-amino-alcohol motifs (C(OH)–C–C–N with tert-alkyl or cyclic N) is 1. The normalized spacial score (nSPS) is 24.2. The monoisotopic (exact) mass is 539 g/mol. The molecule has 2 saturated heterocycles. The number of nitrogens with one attached hydrogen (secondary N) is 2. The first-order valence-corrected chi connectivity index (χ1v) is 12.5. The van der Waals surface area contributed by atoms with E-state index in [4.69, 9.17) is 9.47 Å². The standard InChI is InChI=1S/C25H32F3N5O5/c1-32-11-18(30-15-32)8-9-29-23(35)10-20-6-7-21-22(38-20)14-37-13-19(34)12-33(21)24(36)31-17-4-2-16(3-5-17)25(26,27)28/h2-5,11,15,19-22,34H,6-10,12-14H2,1H3,(H,29,35)(H,31,36)/t19-,20+,21+,22-/m1/s1. The first-order valence-electron chi connectivity index (χ1n) is 12.5. The third-order valence-corrected chi connectivity index (χ3v) is 6.58. The number of hydrogen-bond donors (Lipinski definition) is 3. The maximum atomic E-state index is 13.1. The van der Waals surface area contributed by atoms with Gasteiger partial charge in [-0.3, -0.25) is 4.79 Å². The molecule has 13 heteroatoms. The summed E-state index contributed by atoms with van der Waals surface area (Å²) in [6, 6.07) is 3.15. The number of aliphatic hydroxyl groups excluding tert-OH is 1. The Balaban J connectivity index is 1.33. The number of amides is 3. The number of carbonyl (C=O) groups excluding carboxylic acids is 2. The van der Waals surface area contributed by atoms with Gasteiger partial charge >= 0.3 is 12.2 Å². The van der Waals surface area contributed by atoms with Crippen LogP contribution < -0.4 is 10.6 Å². The van der Waals surface area contributed by atoms with E-state index in [1.54, 1.807) is 6.33 Å². The smallest absolute Gasteiger partial charge is 0.389 e. The molecule has 0 aliphatic carbocycles. The van der Waals surface area contributed by atoms with Gasteiger partial charge in [-0.2, -0.15) is 13.2 Å². The molecule has 1 aromatic heterocycles. The van der Waals surface area contributed by atoms with Crippen LogP contribution in [-0.4, -0.2) is 82.2 Å². The Bertz CT molecular complexity index is 1090. The lowest BCUT2D eigenvalue weighted by atomic mass is 9.95. The van der Waals surface area contributed by atoms with E-state index in [0.717, 1.165) is 17.8 Å². The maximum Gasteiger partial charge on any atom is 0.416 e. The molecule has 2 aliphatic rings. The zero-order valence-corrected chi connectivity index (χ0v) is 21.0. The van der Waals surface area contributed by atoms with Gasteiger partial charge in [0.25, 0.3) is 0 Å². The third kappa shape index (κ3) is 7.45. The number of anilines is 1. The van der Waals surface area contributed by atoms with Crippen molar-refractivity contribution in [1.82, 2.24) is 19.8 Å². The summed E-state index contributed by atoms with van der Waals surface area (Å²) in [7, 11) is 1.88. The number of aromatic nitrogens is 2. The molecule has 3 amide bonds. The van der Waals surface area contributed by atoms with Crippen LogP contribution in [0.1, 0.15) is 30.5 Å². The number of rotatable bonds is 6. The molecule has 1 aromatic carbocycles. The third-order valence-electron chi connectivity index (χ3n) is 6.58. The van der Waals surface area contributed by atoms with E-state index >= 15 is 0 Å². The van der Waals surface area contributed by atoms with Crippen LogP contribution in [0.5, 0.6) is 0 Å². The summed E-state index contributed by atoms with van der Waals surface area (Å²) in [5, 5.41) is 15.8. The average Bonchev–Trinajstić information content (AvgIpc) is 3.26. The number of halogens is 3. The van der Waals surface area contributed by atoms with Crippen molar-refractivity contribution in [3.05, 3.63) is 48.0 Å². The van der Waals surface area contributed by atoms with Gasteiger partial charge in [0.15, 0.2) is 0 Å². The molecule has 38 heavy (non-hydrogen) atoms. The molecular weight excluding hydrogens is 507 g/mol. The fraction of sp³-hybridized carbons (Fsp3) is 0.560. The zero-order valence-electron chi connectivity index (χ0n) is 21.0. The highest BCUT2D eigenvalue weighted by Gasteiger charge is 2.40. The molecule has 2 fully saturated rings. The van der Waals surface area contributed by atoms with Gasteiger partial charge in [-0.1, -0.05) is 0 Å². The maximum absolute atomic E-state index is 13.1. The molecule has 0 radical (unpaired) electrons. The largest absolute Gasteiger partial charge is 0.416 e. The molecule has 10 nitrogen and oxygen atoms in total. The summed E-state index contributed by atoms with van der Waals surface area (Å²) >= 11 is 0. The molecule has 0 unspecified atom stereocenters. The molecule has 0 bridgehead atoms. The van der Waals surface area contributed by atoms with Gasteiger partial charge in [-0.05, 0) is 37.1 Å². The van der Waals surface area contributed by atoms with Gasteiger partial charge in [-0.15, -0.1) is 0 Å². The lowest BCUT2D eigenvalue weighted by molar-refractivity contribution is -0.149. The Morgan fingerprint density at radius 1 is 1.18 bits per heavy atom. The number of fused-ring (bicyclic) bond motifs is 1. The van der Waals surface area contributed by atoms with Crippen LogP contribution in [0, 0.1) is 0 Å². The molecule has 2 aliphatic heterocycles. The van der Waals surface area contributed by atoms with Crippen molar-refractivity contribution in [2.75, 3.05) is 31.6 Å². The number of urea groups is 1. The summed E-state index contributed by atoms with van der Waals surface area (Å²) in [6.45, 7) is 0.544. The fourth-order valence-electron chi connectivity index (χ4n) is 4.72. The number of aliphatic hydroxyl groups is 1. The lowest BCUT2D eigenvalue weighted by Crippen LogP contribution is -2.58. The number of aryl methyl sites for hydroxylation is 1. The highest BCUT2D eigenvalue weighted by molar-refractivity contribution is 5.89. The number of imidazole rings is 1. The van der Waals surface area contributed by atoms with E-state index in [-0.39, 0.29) is 43.9 Å². The predicted octanol–water partition coefficient (Wildman–Crippen LogP) is 2.33. The minimum absolute atomic E-state index is 0.00465. The molecule has 0 spiro atoms. The summed E-state index contributed by atoms with van der Waals surface area (Å²) in [6.07, 6.45) is -0.921. The summed E-state index contributed by atoms with van der Waals surface area (Å²) in [5.74, 6) is -0.150. The van der Waals surface area contributed by atoms with Gasteiger partial charge in [0, 0.05) is 31.9 Å². The SMILES string of the molecule is Cn1cnc(CCNC(=O)C[C@@H]2CC[C@H]3[C@@H](COC[C@H](O)CN3C(=O)Nc3ccc(C(F)(F)F)cc3)O2)c1. The zero-order chi connectivity index (χ0) is 27.3. The summed E-state index contributed by atoms with van der Waals surface area (Å²) in [5.41, 5.74) is 0.263. The van der Waals surface area contributed by atoms with E-state index in [1.165, 1.54) is 17.0 Å². The molecule has 2 aromatic rings. The van der Waals surface area contributed by atoms with Crippen LogP contribution in [0.25, 0.3) is 0 Å². The Hall–Kier alpha value is -3.16. The van der Waals surface area contributed by atoms with Crippen molar-refractivity contribution in [1.29, 1.82) is 0 Å². The second-order valence-corrected chi connectivity index (χ2v) is 9.62. The van der Waals surface area contributed by atoms with Crippen LogP contribution in [0.2, 0.25) is 0 Å². The van der Waals surface area contributed by atoms with Crippen LogP contribution in [0.3, 0.4) is 0 Å². The molecular formula is C25H32F3N5O5. The number of alkyl halides is 3. The highest BCUT2D eigenvalue weighted by Crippen LogP contribution is 2.31. The number of hydrogen-bond acceptors (Lipinski definition) is 6. The van der Waals surface area contributed by atoms with Crippen molar-refractivity contribution < 1.29 is 37.3 Å². The number of ether oxygens (including phenoxy) is 2. The Labute approximate surface area is 218 Å². The molecule has 3 N–H and O–H groups in total. The van der Waals surface area contributed by atoms with E-state index in [1.807, 2.05) is 17.8 Å². The molecule has 4 atom stereocenters. The Morgan fingerprint density at radius 2 is 1.95 bits per heavy atom. The van der Waals surface area contributed by atoms with Crippen molar-refractivity contribution >= 4 is 17.6 Å². The van der Waals surface area contributed by atoms with Gasteiger partial charge in [0.05, 0.1) is 62.0 Å². The average molecular weight is 540 g/mol. The van der Waals surface area contributed by atoms with E-state index in [0.29, 0.717) is 25.8 Å². The van der Waals surface area contributed by atoms with Gasteiger partial charge in [0.2, 0.25) is 5.91 Å². The van der Waals surface area contributed by atoms with Gasteiger partial charge in [0.1, 0.15) is 6.10 Å². The quantitative estimate of drug-likeness (QED) is 0.519. The highest BCUT2D eigenvalue weighted by atomic mass is 19.4. The van der Waals surface area contributed by atoms with E-state index in [2.05, 4.69) is 15.6 Å². The molecule has 208 valence electrons. The first-order chi connectivity index (χ1) is 18.1. The first kappa shape index (κ1) is 27.9. The van der Waals surface area contributed by atoms with Crippen molar-refractivity contribution in [3.63, 3.8) is 0 Å². The molecule has 3 heterocycles. The molecule has 4 rings (SSSR count). The van der Waals surface area contributed by atoms with Crippen LogP contribution in [-0.2, 0) is 33.9 Å². The minimum Gasteiger partial charge on any atom is -0.389 e. The lowest BCUT2D eigenvalue weighted by Gasteiger charge is -2.44. The number of carbonyl (C=O) groups is 2.